The van der Waals surface area contributed by atoms with E-state index in [0.717, 1.165) is 5.56 Å². The zero-order chi connectivity index (χ0) is 16.7. The molecule has 23 heavy (non-hydrogen) atoms. The summed E-state index contributed by atoms with van der Waals surface area (Å²) in [6.45, 7) is 4.23. The fourth-order valence-electron chi connectivity index (χ4n) is 1.91. The average Bonchev–Trinajstić information content (AvgIpc) is 2.54. The zero-order valence-electron chi connectivity index (χ0n) is 13.2. The van der Waals surface area contributed by atoms with Gasteiger partial charge in [0.05, 0.1) is 0 Å². The van der Waals surface area contributed by atoms with E-state index >= 15 is 0 Å². The van der Waals surface area contributed by atoms with Crippen LogP contribution in [0, 0.1) is 0 Å². The van der Waals surface area contributed by atoms with Gasteiger partial charge in [-0.1, -0.05) is 0 Å². The van der Waals surface area contributed by atoms with E-state index in [1.165, 1.54) is 0 Å². The lowest BCUT2D eigenvalue weighted by molar-refractivity contribution is 0.0943. The highest BCUT2D eigenvalue weighted by molar-refractivity contribution is 5.95. The number of aromatic nitrogens is 1. The fraction of sp³-hybridized carbons (Fsp3) is 0.235. The summed E-state index contributed by atoms with van der Waals surface area (Å²) >= 11 is 0. The van der Waals surface area contributed by atoms with Crippen molar-refractivity contribution in [2.45, 2.75) is 26.4 Å². The minimum Gasteiger partial charge on any atom is -0.350 e. The first-order valence-corrected chi connectivity index (χ1v) is 7.39. The molecule has 0 aliphatic rings. The van der Waals surface area contributed by atoms with Crippen LogP contribution in [0.3, 0.4) is 0 Å². The molecule has 0 aliphatic heterocycles. The van der Waals surface area contributed by atoms with Crippen molar-refractivity contribution < 1.29 is 9.59 Å². The van der Waals surface area contributed by atoms with Crippen molar-refractivity contribution in [2.75, 3.05) is 5.32 Å². The largest absolute Gasteiger partial charge is 0.350 e. The molecule has 0 saturated heterocycles. The quantitative estimate of drug-likeness (QED) is 0.793. The van der Waals surface area contributed by atoms with Crippen molar-refractivity contribution in [3.8, 4) is 0 Å². The normalized spacial score (nSPS) is 10.2. The molecule has 1 aromatic heterocycles. The Morgan fingerprint density at radius 3 is 2.30 bits per heavy atom. The first-order chi connectivity index (χ1) is 11.0. The summed E-state index contributed by atoms with van der Waals surface area (Å²) in [6.07, 6.45) is 3.35. The number of hydrogen-bond donors (Lipinski definition) is 3. The lowest BCUT2D eigenvalue weighted by atomic mass is 10.2. The van der Waals surface area contributed by atoms with Crippen molar-refractivity contribution in [1.29, 1.82) is 0 Å². The van der Waals surface area contributed by atoms with Crippen LogP contribution < -0.4 is 16.0 Å². The smallest absolute Gasteiger partial charge is 0.319 e. The first-order valence-electron chi connectivity index (χ1n) is 7.39. The highest BCUT2D eigenvalue weighted by Gasteiger charge is 2.07. The molecule has 6 heteroatoms. The summed E-state index contributed by atoms with van der Waals surface area (Å²) in [5.74, 6) is -0.131. The Morgan fingerprint density at radius 1 is 1.04 bits per heavy atom. The van der Waals surface area contributed by atoms with E-state index in [2.05, 4.69) is 20.9 Å². The maximum atomic E-state index is 11.8. The lowest BCUT2D eigenvalue weighted by Crippen LogP contribution is -2.30. The molecule has 6 nitrogen and oxygen atoms in total. The van der Waals surface area contributed by atoms with Gasteiger partial charge in [-0.2, -0.15) is 0 Å². The van der Waals surface area contributed by atoms with Gasteiger partial charge in [-0.15, -0.1) is 0 Å². The van der Waals surface area contributed by atoms with Gasteiger partial charge in [0.1, 0.15) is 0 Å². The Hall–Kier alpha value is -2.89. The third-order valence-electron chi connectivity index (χ3n) is 3.03. The number of carbonyl (C=O) groups excluding carboxylic acids is 2. The predicted molar refractivity (Wildman–Crippen MR) is 89.1 cm³/mol. The molecule has 3 amide bonds. The molecule has 120 valence electrons. The summed E-state index contributed by atoms with van der Waals surface area (Å²) in [4.78, 5) is 27.6. The number of nitrogens with one attached hydrogen (secondary N) is 3. The Morgan fingerprint density at radius 2 is 1.70 bits per heavy atom. The number of rotatable bonds is 5. The van der Waals surface area contributed by atoms with Gasteiger partial charge in [-0.25, -0.2) is 4.79 Å². The summed E-state index contributed by atoms with van der Waals surface area (Å²) in [6, 6.07) is 10.2. The molecule has 0 spiro atoms. The monoisotopic (exact) mass is 312 g/mol. The summed E-state index contributed by atoms with van der Waals surface area (Å²) < 4.78 is 0. The van der Waals surface area contributed by atoms with Gasteiger partial charge >= 0.3 is 6.03 Å². The molecular weight excluding hydrogens is 292 g/mol. The van der Waals surface area contributed by atoms with E-state index in [4.69, 9.17) is 0 Å². The van der Waals surface area contributed by atoms with E-state index < -0.39 is 0 Å². The van der Waals surface area contributed by atoms with Crippen LogP contribution in [0.25, 0.3) is 0 Å². The molecule has 0 unspecified atom stereocenters. The third-order valence-corrected chi connectivity index (χ3v) is 3.03. The van der Waals surface area contributed by atoms with Gasteiger partial charge in [0.15, 0.2) is 0 Å². The molecule has 0 radical (unpaired) electrons. The Balaban J connectivity index is 1.85. The number of urea groups is 1. The third kappa shape index (κ3) is 5.43. The van der Waals surface area contributed by atoms with Crippen molar-refractivity contribution >= 4 is 17.6 Å². The number of amides is 3. The van der Waals surface area contributed by atoms with Crippen LogP contribution in [0.5, 0.6) is 0 Å². The Bertz CT molecular complexity index is 654. The second kappa shape index (κ2) is 7.93. The van der Waals surface area contributed by atoms with Gasteiger partial charge in [0, 0.05) is 36.2 Å². The van der Waals surface area contributed by atoms with Crippen LogP contribution >= 0.6 is 0 Å². The van der Waals surface area contributed by atoms with Crippen LogP contribution in [0.1, 0.15) is 29.8 Å². The summed E-state index contributed by atoms with van der Waals surface area (Å²) in [5.41, 5.74) is 2.15. The van der Waals surface area contributed by atoms with Crippen LogP contribution in [0.15, 0.2) is 48.8 Å². The van der Waals surface area contributed by atoms with E-state index in [-0.39, 0.29) is 18.0 Å². The van der Waals surface area contributed by atoms with Crippen molar-refractivity contribution in [1.82, 2.24) is 15.6 Å². The SMILES string of the molecule is CC(C)NC(=O)c1ccc(NC(=O)NCc2ccncc2)cc1. The number of hydrogen-bond acceptors (Lipinski definition) is 3. The molecule has 0 bridgehead atoms. The van der Waals surface area contributed by atoms with E-state index in [1.807, 2.05) is 26.0 Å². The van der Waals surface area contributed by atoms with Crippen LogP contribution in [-0.4, -0.2) is 23.0 Å². The minimum absolute atomic E-state index is 0.0827. The molecule has 0 aliphatic carbocycles. The van der Waals surface area contributed by atoms with E-state index in [9.17, 15) is 9.59 Å². The summed E-state index contributed by atoms with van der Waals surface area (Å²) in [5, 5.41) is 8.29. The lowest BCUT2D eigenvalue weighted by Gasteiger charge is -2.10. The number of benzene rings is 1. The zero-order valence-corrected chi connectivity index (χ0v) is 13.2. The highest BCUT2D eigenvalue weighted by atomic mass is 16.2. The van der Waals surface area contributed by atoms with Crippen molar-refractivity contribution in [3.05, 3.63) is 59.9 Å². The van der Waals surface area contributed by atoms with Crippen molar-refractivity contribution in [3.63, 3.8) is 0 Å². The molecule has 1 heterocycles. The number of nitrogens with zero attached hydrogens (tertiary/aromatic N) is 1. The highest BCUT2D eigenvalue weighted by Crippen LogP contribution is 2.09. The molecule has 0 saturated carbocycles. The Kier molecular flexibility index (Phi) is 5.68. The molecule has 2 aromatic rings. The maximum Gasteiger partial charge on any atom is 0.319 e. The maximum absolute atomic E-state index is 11.8. The molecule has 0 atom stereocenters. The van der Waals surface area contributed by atoms with E-state index in [1.54, 1.807) is 36.7 Å². The molecule has 1 aromatic carbocycles. The predicted octanol–water partition coefficient (Wildman–Crippen LogP) is 2.54. The van der Waals surface area contributed by atoms with Gasteiger partial charge in [0.25, 0.3) is 5.91 Å². The second-order valence-electron chi connectivity index (χ2n) is 5.37. The average molecular weight is 312 g/mol. The van der Waals surface area contributed by atoms with Gasteiger partial charge < -0.3 is 16.0 Å². The van der Waals surface area contributed by atoms with Gasteiger partial charge in [-0.05, 0) is 55.8 Å². The number of anilines is 1. The molecule has 0 fully saturated rings. The van der Waals surface area contributed by atoms with Crippen LogP contribution in [0.2, 0.25) is 0 Å². The van der Waals surface area contributed by atoms with Gasteiger partial charge in [-0.3, -0.25) is 9.78 Å². The minimum atomic E-state index is -0.304. The van der Waals surface area contributed by atoms with Crippen LogP contribution in [0.4, 0.5) is 10.5 Å². The van der Waals surface area contributed by atoms with Crippen LogP contribution in [-0.2, 0) is 6.54 Å². The van der Waals surface area contributed by atoms with Gasteiger partial charge in [0.2, 0.25) is 0 Å². The second-order valence-corrected chi connectivity index (χ2v) is 5.37. The standard InChI is InChI=1S/C17H20N4O2/c1-12(2)20-16(22)14-3-5-15(6-4-14)21-17(23)19-11-13-7-9-18-10-8-13/h3-10,12H,11H2,1-2H3,(H,20,22)(H2,19,21,23). The topological polar surface area (TPSA) is 83.1 Å². The molecule has 3 N–H and O–H groups in total. The first kappa shape index (κ1) is 16.5. The molecular formula is C17H20N4O2. The van der Waals surface area contributed by atoms with E-state index in [0.29, 0.717) is 17.8 Å². The number of pyridine rings is 1. The fourth-order valence-corrected chi connectivity index (χ4v) is 1.91. The number of carbonyl (C=O) groups is 2. The molecule has 2 rings (SSSR count). The summed E-state index contributed by atoms with van der Waals surface area (Å²) in [7, 11) is 0. The van der Waals surface area contributed by atoms with Crippen molar-refractivity contribution in [2.24, 2.45) is 0 Å². The Labute approximate surface area is 135 Å².